The number of anilines is 1. The molecule has 1 atom stereocenters. The van der Waals surface area contributed by atoms with Crippen LogP contribution in [0.2, 0.25) is 0 Å². The van der Waals surface area contributed by atoms with Gasteiger partial charge >= 0.3 is 0 Å². The molecular formula is C27H26N2O6. The summed E-state index contributed by atoms with van der Waals surface area (Å²) in [4.78, 5) is 25.7. The van der Waals surface area contributed by atoms with E-state index in [1.165, 1.54) is 27.4 Å². The van der Waals surface area contributed by atoms with Crippen LogP contribution in [0.4, 0.5) is 5.69 Å². The number of hydrogen-bond donors (Lipinski definition) is 2. The Morgan fingerprint density at radius 1 is 0.943 bits per heavy atom. The Morgan fingerprint density at radius 2 is 1.69 bits per heavy atom. The van der Waals surface area contributed by atoms with Gasteiger partial charge in [0.05, 0.1) is 27.4 Å². The quantitative estimate of drug-likeness (QED) is 0.397. The van der Waals surface area contributed by atoms with Gasteiger partial charge in [0, 0.05) is 23.4 Å². The summed E-state index contributed by atoms with van der Waals surface area (Å²) in [7, 11) is 4.40. The lowest BCUT2D eigenvalue weighted by atomic mass is 10.1. The first-order chi connectivity index (χ1) is 16.9. The minimum atomic E-state index is -0.713. The summed E-state index contributed by atoms with van der Waals surface area (Å²) >= 11 is 0. The number of amides is 1. The van der Waals surface area contributed by atoms with Crippen molar-refractivity contribution in [3.8, 4) is 28.6 Å². The van der Waals surface area contributed by atoms with E-state index in [9.17, 15) is 9.59 Å². The van der Waals surface area contributed by atoms with E-state index in [2.05, 4.69) is 5.32 Å². The van der Waals surface area contributed by atoms with Crippen molar-refractivity contribution in [2.75, 3.05) is 26.6 Å². The predicted octanol–water partition coefficient (Wildman–Crippen LogP) is 3.99. The Hall–Kier alpha value is -4.30. The lowest BCUT2D eigenvalue weighted by Gasteiger charge is -2.15. The van der Waals surface area contributed by atoms with E-state index in [1.54, 1.807) is 30.3 Å². The number of carbonyl (C=O) groups is 1. The Labute approximate surface area is 202 Å². The van der Waals surface area contributed by atoms with E-state index in [0.29, 0.717) is 34.9 Å². The Bertz CT molecular complexity index is 1410. The normalized spacial score (nSPS) is 11.7. The van der Waals surface area contributed by atoms with E-state index in [1.807, 2.05) is 30.3 Å². The molecule has 0 bridgehead atoms. The van der Waals surface area contributed by atoms with Gasteiger partial charge in [-0.1, -0.05) is 42.5 Å². The third kappa shape index (κ3) is 4.97. The first-order valence-electron chi connectivity index (χ1n) is 10.9. The molecular weight excluding hydrogens is 448 g/mol. The second-order valence-corrected chi connectivity index (χ2v) is 7.86. The standard InChI is InChI=1S/C27H26N2O6/c1-32-23-15-22-24(26(34-3)25(23)33-2)20(30)14-21(35-22)17-10-7-11-18(13-17)29-27(31)19(28)12-16-8-5-4-6-9-16/h4-11,13-15,19H,12,28H2,1-3H3,(H,29,31)/t19-/m0/s1. The number of fused-ring (bicyclic) bond motifs is 1. The molecule has 0 unspecified atom stereocenters. The lowest BCUT2D eigenvalue weighted by Crippen LogP contribution is -2.37. The molecule has 1 heterocycles. The van der Waals surface area contributed by atoms with Crippen molar-refractivity contribution in [2.24, 2.45) is 5.73 Å². The van der Waals surface area contributed by atoms with Crippen LogP contribution in [0.1, 0.15) is 5.56 Å². The summed E-state index contributed by atoms with van der Waals surface area (Å²) in [5, 5.41) is 3.08. The van der Waals surface area contributed by atoms with E-state index in [0.717, 1.165) is 5.56 Å². The maximum atomic E-state index is 13.0. The molecule has 0 aliphatic carbocycles. The highest BCUT2D eigenvalue weighted by Crippen LogP contribution is 2.42. The van der Waals surface area contributed by atoms with Gasteiger partial charge in [-0.05, 0) is 24.1 Å². The van der Waals surface area contributed by atoms with Crippen LogP contribution in [0, 0.1) is 0 Å². The Balaban J connectivity index is 1.64. The molecule has 1 aromatic heterocycles. The highest BCUT2D eigenvalue weighted by Gasteiger charge is 2.21. The number of benzene rings is 3. The Morgan fingerprint density at radius 3 is 2.37 bits per heavy atom. The van der Waals surface area contributed by atoms with Gasteiger partial charge in [0.2, 0.25) is 11.7 Å². The average molecular weight is 475 g/mol. The fourth-order valence-electron chi connectivity index (χ4n) is 3.87. The van der Waals surface area contributed by atoms with Crippen molar-refractivity contribution in [3.63, 3.8) is 0 Å². The zero-order valence-electron chi connectivity index (χ0n) is 19.7. The highest BCUT2D eigenvalue weighted by atomic mass is 16.5. The molecule has 0 aliphatic heterocycles. The molecule has 0 radical (unpaired) electrons. The smallest absolute Gasteiger partial charge is 0.241 e. The maximum absolute atomic E-state index is 13.0. The first-order valence-corrected chi connectivity index (χ1v) is 10.9. The van der Waals surface area contributed by atoms with Gasteiger partial charge in [-0.25, -0.2) is 0 Å². The molecule has 35 heavy (non-hydrogen) atoms. The molecule has 4 rings (SSSR count). The van der Waals surface area contributed by atoms with Crippen LogP contribution in [0.3, 0.4) is 0 Å². The third-order valence-electron chi connectivity index (χ3n) is 5.57. The molecule has 0 fully saturated rings. The molecule has 0 saturated carbocycles. The van der Waals surface area contributed by atoms with Gasteiger partial charge in [0.15, 0.2) is 16.9 Å². The number of methoxy groups -OCH3 is 3. The molecule has 4 aromatic rings. The summed E-state index contributed by atoms with van der Waals surface area (Å²) in [5.74, 6) is 0.911. The summed E-state index contributed by atoms with van der Waals surface area (Å²) in [6, 6.07) is 18.8. The molecule has 8 heteroatoms. The van der Waals surface area contributed by atoms with Crippen LogP contribution in [0.5, 0.6) is 17.2 Å². The van der Waals surface area contributed by atoms with E-state index >= 15 is 0 Å². The predicted molar refractivity (Wildman–Crippen MR) is 134 cm³/mol. The van der Waals surface area contributed by atoms with Crippen LogP contribution in [0.25, 0.3) is 22.3 Å². The van der Waals surface area contributed by atoms with Crippen molar-refractivity contribution >= 4 is 22.6 Å². The molecule has 8 nitrogen and oxygen atoms in total. The monoisotopic (exact) mass is 474 g/mol. The second-order valence-electron chi connectivity index (χ2n) is 7.86. The number of hydrogen-bond acceptors (Lipinski definition) is 7. The van der Waals surface area contributed by atoms with E-state index in [-0.39, 0.29) is 28.1 Å². The SMILES string of the molecule is COc1cc2oc(-c3cccc(NC(=O)[C@@H](N)Cc4ccccc4)c3)cc(=O)c2c(OC)c1OC. The van der Waals surface area contributed by atoms with Gasteiger partial charge in [-0.3, -0.25) is 9.59 Å². The lowest BCUT2D eigenvalue weighted by molar-refractivity contribution is -0.117. The van der Waals surface area contributed by atoms with Crippen LogP contribution in [-0.4, -0.2) is 33.3 Å². The Kier molecular flexibility index (Phi) is 7.03. The van der Waals surface area contributed by atoms with Crippen LogP contribution < -0.4 is 30.7 Å². The number of ether oxygens (including phenoxy) is 3. The van der Waals surface area contributed by atoms with E-state index < -0.39 is 6.04 Å². The molecule has 0 spiro atoms. The van der Waals surface area contributed by atoms with Crippen molar-refractivity contribution in [2.45, 2.75) is 12.5 Å². The first kappa shape index (κ1) is 23.8. The number of carbonyl (C=O) groups excluding carboxylic acids is 1. The van der Waals surface area contributed by atoms with Crippen LogP contribution in [-0.2, 0) is 11.2 Å². The summed E-state index contributed by atoms with van der Waals surface area (Å²) in [6.07, 6.45) is 0.416. The summed E-state index contributed by atoms with van der Waals surface area (Å²) < 4.78 is 22.2. The zero-order valence-corrected chi connectivity index (χ0v) is 19.7. The van der Waals surface area contributed by atoms with E-state index in [4.69, 9.17) is 24.4 Å². The summed E-state index contributed by atoms with van der Waals surface area (Å²) in [6.45, 7) is 0. The number of nitrogens with two attached hydrogens (primary N) is 1. The number of rotatable bonds is 8. The molecule has 3 N–H and O–H groups in total. The fraction of sp³-hybridized carbons (Fsp3) is 0.185. The van der Waals surface area contributed by atoms with Gasteiger partial charge in [0.25, 0.3) is 0 Å². The molecule has 0 aliphatic rings. The van der Waals surface area contributed by atoms with Crippen LogP contribution in [0.15, 0.2) is 75.9 Å². The fourth-order valence-corrected chi connectivity index (χ4v) is 3.87. The van der Waals surface area contributed by atoms with Crippen molar-refractivity contribution in [3.05, 3.63) is 82.5 Å². The summed E-state index contributed by atoms with van der Waals surface area (Å²) in [5.41, 5.74) is 8.18. The molecule has 3 aromatic carbocycles. The van der Waals surface area contributed by atoms with Crippen LogP contribution >= 0.6 is 0 Å². The van der Waals surface area contributed by atoms with Crippen molar-refractivity contribution in [1.82, 2.24) is 0 Å². The topological polar surface area (TPSA) is 113 Å². The number of nitrogens with one attached hydrogen (secondary N) is 1. The average Bonchev–Trinajstić information content (AvgIpc) is 2.88. The maximum Gasteiger partial charge on any atom is 0.241 e. The minimum Gasteiger partial charge on any atom is -0.493 e. The van der Waals surface area contributed by atoms with Gasteiger partial charge in [-0.2, -0.15) is 0 Å². The largest absolute Gasteiger partial charge is 0.493 e. The minimum absolute atomic E-state index is 0.232. The van der Waals surface area contributed by atoms with Crippen molar-refractivity contribution in [1.29, 1.82) is 0 Å². The van der Waals surface area contributed by atoms with Gasteiger partial charge in [-0.15, -0.1) is 0 Å². The van der Waals surface area contributed by atoms with Crippen molar-refractivity contribution < 1.29 is 23.4 Å². The molecule has 180 valence electrons. The van der Waals surface area contributed by atoms with Gasteiger partial charge < -0.3 is 29.7 Å². The molecule has 0 saturated heterocycles. The third-order valence-corrected chi connectivity index (χ3v) is 5.57. The van der Waals surface area contributed by atoms with Gasteiger partial charge in [0.1, 0.15) is 16.7 Å². The second kappa shape index (κ2) is 10.3. The zero-order chi connectivity index (χ0) is 24.9. The highest BCUT2D eigenvalue weighted by molar-refractivity contribution is 5.95. The molecule has 1 amide bonds.